The highest BCUT2D eigenvalue weighted by atomic mass is 79.9. The molecule has 0 aromatic carbocycles. The zero-order valence-corrected chi connectivity index (χ0v) is 11.0. The van der Waals surface area contributed by atoms with E-state index in [4.69, 9.17) is 17.3 Å². The summed E-state index contributed by atoms with van der Waals surface area (Å²) < 4.78 is 2.72. The molecular weight excluding hydrogens is 291 g/mol. The normalized spacial score (nSPS) is 10.7. The Bertz CT molecular complexity index is 524. The number of nitrogen functional groups attached to an aromatic ring is 1. The zero-order valence-electron chi connectivity index (χ0n) is 8.61. The van der Waals surface area contributed by atoms with E-state index >= 15 is 0 Å². The van der Waals surface area contributed by atoms with Crippen molar-refractivity contribution in [3.63, 3.8) is 0 Å². The molecule has 0 fully saturated rings. The van der Waals surface area contributed by atoms with Gasteiger partial charge in [-0.25, -0.2) is 4.98 Å². The molecule has 0 aliphatic rings. The number of aryl methyl sites for hydroxylation is 1. The number of nitrogens with two attached hydrogens (primary N) is 1. The summed E-state index contributed by atoms with van der Waals surface area (Å²) in [4.78, 5) is 4.04. The first-order valence-corrected chi connectivity index (χ1v) is 5.93. The van der Waals surface area contributed by atoms with Crippen molar-refractivity contribution in [2.45, 2.75) is 13.5 Å². The van der Waals surface area contributed by atoms with Gasteiger partial charge >= 0.3 is 0 Å². The monoisotopic (exact) mass is 300 g/mol. The van der Waals surface area contributed by atoms with Gasteiger partial charge in [0.05, 0.1) is 21.4 Å². The molecule has 6 heteroatoms. The summed E-state index contributed by atoms with van der Waals surface area (Å²) in [5.74, 6) is 0.445. The zero-order chi connectivity index (χ0) is 11.7. The first kappa shape index (κ1) is 11.4. The largest absolute Gasteiger partial charge is 0.383 e. The number of anilines is 1. The van der Waals surface area contributed by atoms with Crippen molar-refractivity contribution in [1.82, 2.24) is 14.8 Å². The van der Waals surface area contributed by atoms with Crippen molar-refractivity contribution in [2.24, 2.45) is 0 Å². The second kappa shape index (κ2) is 4.43. The van der Waals surface area contributed by atoms with Crippen molar-refractivity contribution in [3.05, 3.63) is 28.0 Å². The molecule has 0 spiro atoms. The van der Waals surface area contributed by atoms with Crippen molar-refractivity contribution >= 4 is 33.3 Å². The number of pyridine rings is 1. The molecule has 0 atom stereocenters. The summed E-state index contributed by atoms with van der Waals surface area (Å²) in [6, 6.07) is 1.79. The molecule has 2 aromatic rings. The van der Waals surface area contributed by atoms with Crippen molar-refractivity contribution in [1.29, 1.82) is 0 Å². The first-order valence-electron chi connectivity index (χ1n) is 4.76. The number of rotatable bonds is 2. The fraction of sp³-hybridized carbons (Fsp3) is 0.200. The molecule has 0 amide bonds. The summed E-state index contributed by atoms with van der Waals surface area (Å²) in [5.41, 5.74) is 7.53. The molecule has 0 bridgehead atoms. The third-order valence-electron chi connectivity index (χ3n) is 2.23. The van der Waals surface area contributed by atoms with Crippen LogP contribution < -0.4 is 5.73 Å². The number of hydrogen-bond donors (Lipinski definition) is 1. The van der Waals surface area contributed by atoms with Crippen LogP contribution in [0.4, 0.5) is 5.82 Å². The predicted molar refractivity (Wildman–Crippen MR) is 68.3 cm³/mol. The number of hydrogen-bond acceptors (Lipinski definition) is 3. The van der Waals surface area contributed by atoms with Gasteiger partial charge in [-0.2, -0.15) is 5.10 Å². The van der Waals surface area contributed by atoms with Crippen LogP contribution in [0.5, 0.6) is 0 Å². The van der Waals surface area contributed by atoms with E-state index in [9.17, 15) is 0 Å². The van der Waals surface area contributed by atoms with Crippen molar-refractivity contribution in [3.8, 4) is 11.3 Å². The Kier molecular flexibility index (Phi) is 3.16. The van der Waals surface area contributed by atoms with Crippen LogP contribution in [0.1, 0.15) is 6.92 Å². The molecule has 0 saturated heterocycles. The van der Waals surface area contributed by atoms with Gasteiger partial charge in [0.15, 0.2) is 0 Å². The number of halogens is 2. The Labute approximate surface area is 107 Å². The minimum absolute atomic E-state index is 0.445. The molecule has 0 aliphatic heterocycles. The first-order chi connectivity index (χ1) is 7.63. The molecule has 2 aromatic heterocycles. The fourth-order valence-electron chi connectivity index (χ4n) is 1.51. The van der Waals surface area contributed by atoms with E-state index in [0.717, 1.165) is 22.3 Å². The van der Waals surface area contributed by atoms with Gasteiger partial charge in [-0.05, 0) is 28.9 Å². The second-order valence-electron chi connectivity index (χ2n) is 3.24. The fourth-order valence-corrected chi connectivity index (χ4v) is 2.18. The average Bonchev–Trinajstić information content (AvgIpc) is 2.63. The molecule has 0 unspecified atom stereocenters. The van der Waals surface area contributed by atoms with Crippen LogP contribution in [-0.4, -0.2) is 14.8 Å². The van der Waals surface area contributed by atoms with Crippen LogP contribution >= 0.6 is 27.5 Å². The lowest BCUT2D eigenvalue weighted by atomic mass is 10.2. The Hall–Kier alpha value is -1.07. The maximum absolute atomic E-state index is 5.92. The number of nitrogens with zero attached hydrogens (tertiary/aromatic N) is 3. The summed E-state index contributed by atoms with van der Waals surface area (Å²) in [5, 5.41) is 4.78. The SMILES string of the molecule is CCn1ncc(Br)c1-c1cc(Cl)cnc1N. The van der Waals surface area contributed by atoms with Gasteiger partial charge in [-0.3, -0.25) is 4.68 Å². The van der Waals surface area contributed by atoms with E-state index < -0.39 is 0 Å². The standard InChI is InChI=1S/C10H10BrClN4/c1-2-16-9(8(11)5-15-16)7-3-6(12)4-14-10(7)13/h3-5H,2H2,1H3,(H2,13,14). The van der Waals surface area contributed by atoms with Gasteiger partial charge < -0.3 is 5.73 Å². The Morgan fingerprint density at radius 1 is 1.50 bits per heavy atom. The van der Waals surface area contributed by atoms with Gasteiger partial charge in [0, 0.05) is 18.3 Å². The smallest absolute Gasteiger partial charge is 0.132 e. The van der Waals surface area contributed by atoms with Gasteiger partial charge in [0.2, 0.25) is 0 Å². The minimum Gasteiger partial charge on any atom is -0.383 e. The van der Waals surface area contributed by atoms with Gasteiger partial charge in [0.1, 0.15) is 5.82 Å². The van der Waals surface area contributed by atoms with E-state index in [0.29, 0.717) is 10.8 Å². The lowest BCUT2D eigenvalue weighted by molar-refractivity contribution is 0.667. The van der Waals surface area contributed by atoms with Crippen LogP contribution in [0.2, 0.25) is 5.02 Å². The molecule has 2 N–H and O–H groups in total. The maximum atomic E-state index is 5.92. The molecule has 2 rings (SSSR count). The van der Waals surface area contributed by atoms with Gasteiger partial charge in [-0.15, -0.1) is 0 Å². The molecule has 84 valence electrons. The van der Waals surface area contributed by atoms with Crippen LogP contribution in [0, 0.1) is 0 Å². The highest BCUT2D eigenvalue weighted by Crippen LogP contribution is 2.32. The Balaban J connectivity index is 2.66. The summed E-state index contributed by atoms with van der Waals surface area (Å²) in [6.07, 6.45) is 3.26. The second-order valence-corrected chi connectivity index (χ2v) is 4.53. The van der Waals surface area contributed by atoms with E-state index in [-0.39, 0.29) is 0 Å². The van der Waals surface area contributed by atoms with Gasteiger partial charge in [0.25, 0.3) is 0 Å². The van der Waals surface area contributed by atoms with Crippen LogP contribution in [-0.2, 0) is 6.54 Å². The van der Waals surface area contributed by atoms with Crippen LogP contribution in [0.25, 0.3) is 11.3 Å². The molecule has 0 saturated carbocycles. The van der Waals surface area contributed by atoms with Crippen molar-refractivity contribution in [2.75, 3.05) is 5.73 Å². The third kappa shape index (κ3) is 1.92. The lowest BCUT2D eigenvalue weighted by Gasteiger charge is -2.08. The van der Waals surface area contributed by atoms with Crippen LogP contribution in [0.3, 0.4) is 0 Å². The van der Waals surface area contributed by atoms with Crippen LogP contribution in [0.15, 0.2) is 22.9 Å². The van der Waals surface area contributed by atoms with Gasteiger partial charge in [-0.1, -0.05) is 11.6 Å². The van der Waals surface area contributed by atoms with E-state index in [1.807, 2.05) is 11.6 Å². The third-order valence-corrected chi connectivity index (χ3v) is 3.02. The van der Waals surface area contributed by atoms with E-state index in [2.05, 4.69) is 26.0 Å². The molecule has 0 aliphatic carbocycles. The molecular formula is C10H10BrClN4. The lowest BCUT2D eigenvalue weighted by Crippen LogP contribution is -2.02. The summed E-state index contributed by atoms with van der Waals surface area (Å²) in [7, 11) is 0. The Morgan fingerprint density at radius 2 is 2.25 bits per heavy atom. The highest BCUT2D eigenvalue weighted by molar-refractivity contribution is 9.10. The molecule has 16 heavy (non-hydrogen) atoms. The average molecular weight is 302 g/mol. The highest BCUT2D eigenvalue weighted by Gasteiger charge is 2.14. The molecule has 0 radical (unpaired) electrons. The quantitative estimate of drug-likeness (QED) is 0.928. The minimum atomic E-state index is 0.445. The topological polar surface area (TPSA) is 56.7 Å². The van der Waals surface area contributed by atoms with E-state index in [1.165, 1.54) is 6.20 Å². The van der Waals surface area contributed by atoms with Crippen molar-refractivity contribution < 1.29 is 0 Å². The Morgan fingerprint density at radius 3 is 2.94 bits per heavy atom. The maximum Gasteiger partial charge on any atom is 0.132 e. The predicted octanol–water partition coefficient (Wildman–Crippen LogP) is 2.96. The summed E-state index contributed by atoms with van der Waals surface area (Å²) >= 11 is 9.36. The summed E-state index contributed by atoms with van der Waals surface area (Å²) in [6.45, 7) is 2.77. The van der Waals surface area contributed by atoms with E-state index in [1.54, 1.807) is 12.3 Å². The molecule has 2 heterocycles. The number of aromatic nitrogens is 3. The molecule has 4 nitrogen and oxygen atoms in total.